The molecule has 2 amide bonds. The minimum atomic E-state index is -0.893. The average Bonchev–Trinajstić information content (AvgIpc) is 2.40. The predicted octanol–water partition coefficient (Wildman–Crippen LogP) is 1.17. The van der Waals surface area contributed by atoms with Crippen molar-refractivity contribution >= 4 is 17.7 Å². The van der Waals surface area contributed by atoms with Crippen molar-refractivity contribution in [2.75, 3.05) is 11.9 Å². The van der Waals surface area contributed by atoms with Crippen LogP contribution < -0.4 is 10.6 Å². The van der Waals surface area contributed by atoms with Crippen LogP contribution >= 0.6 is 0 Å². The van der Waals surface area contributed by atoms with Crippen molar-refractivity contribution < 1.29 is 14.3 Å². The number of nitriles is 1. The fourth-order valence-corrected chi connectivity index (χ4v) is 1.08. The molecule has 1 aromatic heterocycles. The van der Waals surface area contributed by atoms with Gasteiger partial charge in [-0.2, -0.15) is 5.26 Å². The monoisotopic (exact) mass is 260 g/mol. The van der Waals surface area contributed by atoms with Crippen molar-refractivity contribution in [2.45, 2.75) is 6.92 Å². The molecule has 0 bridgehead atoms. The molecule has 7 heteroatoms. The molecule has 0 atom stereocenters. The van der Waals surface area contributed by atoms with Crippen molar-refractivity contribution in [3.63, 3.8) is 0 Å². The molecule has 98 valence electrons. The van der Waals surface area contributed by atoms with Gasteiger partial charge in [-0.3, -0.25) is 15.1 Å². The van der Waals surface area contributed by atoms with E-state index in [4.69, 9.17) is 5.26 Å². The topological polar surface area (TPSA) is 104 Å². The molecule has 7 nitrogen and oxygen atoms in total. The van der Waals surface area contributed by atoms with Gasteiger partial charge in [0.1, 0.15) is 11.6 Å². The number of anilines is 1. The van der Waals surface area contributed by atoms with Gasteiger partial charge in [0.15, 0.2) is 0 Å². The summed E-state index contributed by atoms with van der Waals surface area (Å²) in [4.78, 5) is 26.4. The number of alkyl carbamates (subject to hydrolysis) is 1. The van der Waals surface area contributed by atoms with E-state index in [1.807, 2.05) is 5.32 Å². The van der Waals surface area contributed by atoms with E-state index in [0.717, 1.165) is 0 Å². The molecule has 1 aromatic rings. The Morgan fingerprint density at radius 3 is 2.95 bits per heavy atom. The summed E-state index contributed by atoms with van der Waals surface area (Å²) in [6, 6.07) is 5.08. The number of carbonyl (C=O) groups excluding carboxylic acids is 2. The second-order valence-corrected chi connectivity index (χ2v) is 3.23. The van der Waals surface area contributed by atoms with Crippen LogP contribution in [0, 0.1) is 11.3 Å². The highest BCUT2D eigenvalue weighted by molar-refractivity contribution is 6.05. The minimum absolute atomic E-state index is 0.138. The fraction of sp³-hybridized carbons (Fsp3) is 0.167. The lowest BCUT2D eigenvalue weighted by Crippen LogP contribution is -2.32. The number of amides is 2. The standard InChI is InChI=1S/C12H12N4O3/c1-2-19-12(18)16-11(17)9(6-13)7-15-10-4-3-5-14-8-10/h3-5,7-8,15H,2H2,1H3,(H,16,17,18). The Bertz CT molecular complexity index is 520. The number of pyridine rings is 1. The number of carbonyl (C=O) groups is 2. The van der Waals surface area contributed by atoms with Crippen LogP contribution in [0.3, 0.4) is 0 Å². The van der Waals surface area contributed by atoms with E-state index in [-0.39, 0.29) is 12.2 Å². The Morgan fingerprint density at radius 1 is 1.58 bits per heavy atom. The number of nitrogens with one attached hydrogen (secondary N) is 2. The largest absolute Gasteiger partial charge is 0.450 e. The van der Waals surface area contributed by atoms with Crippen molar-refractivity contribution in [2.24, 2.45) is 0 Å². The Kier molecular flexibility index (Phi) is 5.56. The third-order valence-corrected chi connectivity index (χ3v) is 1.90. The molecule has 0 aliphatic heterocycles. The first-order valence-electron chi connectivity index (χ1n) is 5.42. The van der Waals surface area contributed by atoms with Crippen LogP contribution in [0.4, 0.5) is 10.5 Å². The maximum absolute atomic E-state index is 11.5. The van der Waals surface area contributed by atoms with Crippen molar-refractivity contribution in [3.8, 4) is 6.07 Å². The van der Waals surface area contributed by atoms with Gasteiger partial charge >= 0.3 is 6.09 Å². The number of rotatable bonds is 4. The molecule has 1 heterocycles. The van der Waals surface area contributed by atoms with Gasteiger partial charge in [0, 0.05) is 12.4 Å². The van der Waals surface area contributed by atoms with E-state index in [0.29, 0.717) is 5.69 Å². The SMILES string of the molecule is CCOC(=O)NC(=O)C(C#N)=CNc1cccnc1. The van der Waals surface area contributed by atoms with Crippen LogP contribution in [0.2, 0.25) is 0 Å². The summed E-state index contributed by atoms with van der Waals surface area (Å²) in [6.45, 7) is 1.74. The molecule has 0 unspecified atom stereocenters. The van der Waals surface area contributed by atoms with E-state index < -0.39 is 12.0 Å². The quantitative estimate of drug-likeness (QED) is 0.622. The summed E-state index contributed by atoms with van der Waals surface area (Å²) >= 11 is 0. The van der Waals surface area contributed by atoms with E-state index in [1.165, 1.54) is 12.4 Å². The smallest absolute Gasteiger partial charge is 0.414 e. The minimum Gasteiger partial charge on any atom is -0.450 e. The first-order valence-corrected chi connectivity index (χ1v) is 5.42. The zero-order chi connectivity index (χ0) is 14.1. The summed E-state index contributed by atoms with van der Waals surface area (Å²) in [5, 5.41) is 13.5. The van der Waals surface area contributed by atoms with Gasteiger partial charge in [0.25, 0.3) is 5.91 Å². The molecule has 0 fully saturated rings. The molecule has 0 aliphatic rings. The number of ether oxygens (including phenoxy) is 1. The summed E-state index contributed by atoms with van der Waals surface area (Å²) in [5.41, 5.74) is 0.357. The maximum Gasteiger partial charge on any atom is 0.414 e. The highest BCUT2D eigenvalue weighted by Crippen LogP contribution is 2.03. The maximum atomic E-state index is 11.5. The van der Waals surface area contributed by atoms with Crippen LogP contribution in [0.25, 0.3) is 0 Å². The van der Waals surface area contributed by atoms with Crippen LogP contribution in [-0.2, 0) is 9.53 Å². The third kappa shape index (κ3) is 4.87. The normalized spacial score (nSPS) is 10.2. The lowest BCUT2D eigenvalue weighted by molar-refractivity contribution is -0.116. The van der Waals surface area contributed by atoms with Crippen LogP contribution in [0.1, 0.15) is 6.92 Å². The van der Waals surface area contributed by atoms with Crippen LogP contribution in [0.5, 0.6) is 0 Å². The Morgan fingerprint density at radius 2 is 2.37 bits per heavy atom. The second-order valence-electron chi connectivity index (χ2n) is 3.23. The molecule has 19 heavy (non-hydrogen) atoms. The van der Waals surface area contributed by atoms with Crippen molar-refractivity contribution in [1.82, 2.24) is 10.3 Å². The second kappa shape index (κ2) is 7.45. The summed E-state index contributed by atoms with van der Waals surface area (Å²) < 4.78 is 4.53. The fourth-order valence-electron chi connectivity index (χ4n) is 1.08. The molecule has 1 rings (SSSR count). The van der Waals surface area contributed by atoms with Gasteiger partial charge in [-0.25, -0.2) is 4.79 Å². The molecule has 0 aromatic carbocycles. The number of hydrogen-bond acceptors (Lipinski definition) is 6. The lowest BCUT2D eigenvalue weighted by Gasteiger charge is -2.03. The molecule has 0 spiro atoms. The molecule has 0 radical (unpaired) electrons. The Labute approximate surface area is 109 Å². The lowest BCUT2D eigenvalue weighted by atomic mass is 10.3. The number of hydrogen-bond donors (Lipinski definition) is 2. The number of imide groups is 1. The van der Waals surface area contributed by atoms with Gasteiger partial charge in [0.05, 0.1) is 18.5 Å². The van der Waals surface area contributed by atoms with Crippen molar-refractivity contribution in [1.29, 1.82) is 5.26 Å². The van der Waals surface area contributed by atoms with Crippen LogP contribution in [-0.4, -0.2) is 23.6 Å². The summed E-state index contributed by atoms with van der Waals surface area (Å²) in [5.74, 6) is -0.836. The zero-order valence-corrected chi connectivity index (χ0v) is 10.2. The Hall–Kier alpha value is -2.88. The summed E-state index contributed by atoms with van der Waals surface area (Å²) in [6.07, 6.45) is 3.41. The Balaban J connectivity index is 2.65. The van der Waals surface area contributed by atoms with E-state index >= 15 is 0 Å². The molecule has 0 aliphatic carbocycles. The van der Waals surface area contributed by atoms with Gasteiger partial charge < -0.3 is 10.1 Å². The average molecular weight is 260 g/mol. The van der Waals surface area contributed by atoms with Gasteiger partial charge in [-0.1, -0.05) is 0 Å². The molecular formula is C12H12N4O3. The van der Waals surface area contributed by atoms with Gasteiger partial charge in [-0.05, 0) is 19.1 Å². The molecular weight excluding hydrogens is 248 g/mol. The van der Waals surface area contributed by atoms with E-state index in [1.54, 1.807) is 31.3 Å². The molecule has 0 saturated heterocycles. The number of aromatic nitrogens is 1. The number of nitrogens with zero attached hydrogens (tertiary/aromatic N) is 2. The zero-order valence-electron chi connectivity index (χ0n) is 10.2. The highest BCUT2D eigenvalue weighted by Gasteiger charge is 2.13. The summed E-state index contributed by atoms with van der Waals surface area (Å²) in [7, 11) is 0. The third-order valence-electron chi connectivity index (χ3n) is 1.90. The first kappa shape index (κ1) is 14.2. The van der Waals surface area contributed by atoms with E-state index in [9.17, 15) is 9.59 Å². The van der Waals surface area contributed by atoms with Gasteiger partial charge in [-0.15, -0.1) is 0 Å². The van der Waals surface area contributed by atoms with E-state index in [2.05, 4.69) is 15.0 Å². The molecule has 2 N–H and O–H groups in total. The van der Waals surface area contributed by atoms with Crippen LogP contribution in [0.15, 0.2) is 36.3 Å². The molecule has 0 saturated carbocycles. The highest BCUT2D eigenvalue weighted by atomic mass is 16.5. The van der Waals surface area contributed by atoms with Gasteiger partial charge in [0.2, 0.25) is 0 Å². The van der Waals surface area contributed by atoms with Crippen molar-refractivity contribution in [3.05, 3.63) is 36.3 Å². The predicted molar refractivity (Wildman–Crippen MR) is 66.7 cm³/mol. The first-order chi connectivity index (χ1) is 9.17.